The summed E-state index contributed by atoms with van der Waals surface area (Å²) in [5.41, 5.74) is 0. The minimum atomic E-state index is -0.883. The summed E-state index contributed by atoms with van der Waals surface area (Å²) in [4.78, 5) is 12.3. The number of carbonyl (C=O) groups excluding carboxylic acids is 1. The van der Waals surface area contributed by atoms with Crippen LogP contribution in [0, 0.1) is 0 Å². The van der Waals surface area contributed by atoms with Crippen LogP contribution in [0.1, 0.15) is 142 Å². The van der Waals surface area contributed by atoms with E-state index >= 15 is 0 Å². The van der Waals surface area contributed by atoms with Crippen LogP contribution in [-0.2, 0) is 4.79 Å². The maximum absolute atomic E-state index is 12.3. The van der Waals surface area contributed by atoms with Gasteiger partial charge in [0.2, 0.25) is 5.91 Å². The fraction of sp³-hybridized carbons (Fsp3) is 0.625. The smallest absolute Gasteiger partial charge is 0.220 e. The number of carbonyl (C=O) groups is 1. The molecular weight excluding hydrogens is 542 g/mol. The molecule has 250 valence electrons. The first-order valence-corrected chi connectivity index (χ1v) is 17.8. The fourth-order valence-corrected chi connectivity index (χ4v) is 4.61. The molecule has 0 rings (SSSR count). The Hall–Kier alpha value is -2.43. The molecule has 0 bridgehead atoms. The van der Waals surface area contributed by atoms with E-state index in [-0.39, 0.29) is 12.5 Å². The zero-order chi connectivity index (χ0) is 32.2. The number of rotatable bonds is 30. The van der Waals surface area contributed by atoms with Crippen LogP contribution in [0.15, 0.2) is 85.1 Å². The lowest BCUT2D eigenvalue weighted by Gasteiger charge is -2.19. The Kier molecular flexibility index (Phi) is 33.1. The lowest BCUT2D eigenvalue weighted by Crippen LogP contribution is -2.45. The summed E-state index contributed by atoms with van der Waals surface area (Å²) in [6, 6.07) is -0.661. The zero-order valence-electron chi connectivity index (χ0n) is 28.4. The molecule has 0 aromatic carbocycles. The Morgan fingerprint density at radius 2 is 1.02 bits per heavy atom. The average molecular weight is 610 g/mol. The number of amides is 1. The van der Waals surface area contributed by atoms with Gasteiger partial charge in [0, 0.05) is 6.42 Å². The molecule has 1 amide bonds. The predicted octanol–water partition coefficient (Wildman–Crippen LogP) is 10.6. The van der Waals surface area contributed by atoms with E-state index in [4.69, 9.17) is 0 Å². The number of aliphatic hydroxyl groups is 2. The van der Waals surface area contributed by atoms with E-state index in [1.807, 2.05) is 6.08 Å². The van der Waals surface area contributed by atoms with E-state index in [1.165, 1.54) is 38.5 Å². The van der Waals surface area contributed by atoms with Gasteiger partial charge >= 0.3 is 0 Å². The number of unbranched alkanes of at least 4 members (excludes halogenated alkanes) is 11. The van der Waals surface area contributed by atoms with Crippen LogP contribution in [0.5, 0.6) is 0 Å². The monoisotopic (exact) mass is 610 g/mol. The SMILES string of the molecule is CC/C=C\C/C=C\C/C=C\C/C=C\CCCCCCC(=O)NC(CO)C(O)/C=C/CC/C=C/CC/C=C/CCCCCCC. The first kappa shape index (κ1) is 41.6. The second-order valence-electron chi connectivity index (χ2n) is 11.5. The average Bonchev–Trinajstić information content (AvgIpc) is 3.03. The molecular formula is C40H67NO3. The molecule has 2 unspecified atom stereocenters. The lowest BCUT2D eigenvalue weighted by atomic mass is 10.1. The van der Waals surface area contributed by atoms with E-state index in [0.717, 1.165) is 83.5 Å². The fourth-order valence-electron chi connectivity index (χ4n) is 4.61. The van der Waals surface area contributed by atoms with Gasteiger partial charge in [0.25, 0.3) is 0 Å². The Morgan fingerprint density at radius 3 is 1.57 bits per heavy atom. The van der Waals surface area contributed by atoms with Crippen molar-refractivity contribution in [2.24, 2.45) is 0 Å². The molecule has 0 fully saturated rings. The van der Waals surface area contributed by atoms with Crippen LogP contribution in [0.4, 0.5) is 0 Å². The van der Waals surface area contributed by atoms with E-state index in [9.17, 15) is 15.0 Å². The summed E-state index contributed by atoms with van der Waals surface area (Å²) in [5, 5.41) is 22.8. The molecule has 0 heterocycles. The van der Waals surface area contributed by atoms with Gasteiger partial charge in [0.15, 0.2) is 0 Å². The van der Waals surface area contributed by atoms with Crippen molar-refractivity contribution in [1.82, 2.24) is 5.32 Å². The van der Waals surface area contributed by atoms with E-state index in [0.29, 0.717) is 6.42 Å². The van der Waals surface area contributed by atoms with Gasteiger partial charge in [0.1, 0.15) is 0 Å². The van der Waals surface area contributed by atoms with Gasteiger partial charge in [-0.25, -0.2) is 0 Å². The van der Waals surface area contributed by atoms with Crippen molar-refractivity contribution in [1.29, 1.82) is 0 Å². The second-order valence-corrected chi connectivity index (χ2v) is 11.5. The standard InChI is InChI=1S/C40H67NO3/c1-3-5-7-9-11-13-15-17-19-20-22-24-26-28-30-32-34-36-40(44)41-38(37-42)39(43)35-33-31-29-27-25-23-21-18-16-14-12-10-8-6-4-2/h5,7,11,13,16-19,22,24-25,27,33,35,38-39,42-43H,3-4,6,8-10,12,14-15,20-21,23,26,28-32,34,36-37H2,1-2H3,(H,41,44)/b7-5-,13-11-,18-16+,19-17-,24-22-,27-25+,35-33+. The number of aliphatic hydroxyl groups excluding tert-OH is 2. The van der Waals surface area contributed by atoms with Crippen LogP contribution in [-0.4, -0.2) is 34.9 Å². The van der Waals surface area contributed by atoms with Crippen LogP contribution < -0.4 is 5.32 Å². The minimum absolute atomic E-state index is 0.107. The molecule has 0 aliphatic carbocycles. The maximum atomic E-state index is 12.3. The second kappa shape index (κ2) is 35.1. The summed E-state index contributed by atoms with van der Waals surface area (Å²) in [6.45, 7) is 4.12. The van der Waals surface area contributed by atoms with Crippen molar-refractivity contribution in [2.45, 2.75) is 154 Å². The van der Waals surface area contributed by atoms with Crippen LogP contribution in [0.25, 0.3) is 0 Å². The molecule has 2 atom stereocenters. The molecule has 44 heavy (non-hydrogen) atoms. The van der Waals surface area contributed by atoms with Crippen LogP contribution in [0.2, 0.25) is 0 Å². The van der Waals surface area contributed by atoms with E-state index < -0.39 is 12.1 Å². The van der Waals surface area contributed by atoms with Crippen molar-refractivity contribution in [3.63, 3.8) is 0 Å². The predicted molar refractivity (Wildman–Crippen MR) is 193 cm³/mol. The topological polar surface area (TPSA) is 69.6 Å². The molecule has 0 spiro atoms. The third-order valence-electron chi connectivity index (χ3n) is 7.34. The molecule has 0 radical (unpaired) electrons. The summed E-state index contributed by atoms with van der Waals surface area (Å²) >= 11 is 0. The molecule has 0 saturated carbocycles. The minimum Gasteiger partial charge on any atom is -0.394 e. The van der Waals surface area contributed by atoms with Crippen molar-refractivity contribution in [3.8, 4) is 0 Å². The quantitative estimate of drug-likeness (QED) is 0.0560. The first-order valence-electron chi connectivity index (χ1n) is 17.8. The largest absolute Gasteiger partial charge is 0.394 e. The van der Waals surface area contributed by atoms with Gasteiger partial charge in [-0.3, -0.25) is 4.79 Å². The normalized spacial score (nSPS) is 14.2. The number of nitrogens with one attached hydrogen (secondary N) is 1. The third kappa shape index (κ3) is 31.0. The van der Waals surface area contributed by atoms with Crippen molar-refractivity contribution in [3.05, 3.63) is 85.1 Å². The van der Waals surface area contributed by atoms with Gasteiger partial charge in [-0.05, 0) is 83.5 Å². The van der Waals surface area contributed by atoms with E-state index in [1.54, 1.807) is 6.08 Å². The van der Waals surface area contributed by atoms with Crippen molar-refractivity contribution < 1.29 is 15.0 Å². The number of hydrogen-bond acceptors (Lipinski definition) is 3. The Bertz CT molecular complexity index is 834. The van der Waals surface area contributed by atoms with E-state index in [2.05, 4.69) is 92.1 Å². The molecule has 3 N–H and O–H groups in total. The Labute approximate surface area is 271 Å². The molecule has 0 aromatic heterocycles. The highest BCUT2D eigenvalue weighted by Crippen LogP contribution is 2.08. The number of hydrogen-bond donors (Lipinski definition) is 3. The van der Waals surface area contributed by atoms with Gasteiger partial charge in [-0.15, -0.1) is 0 Å². The van der Waals surface area contributed by atoms with Crippen molar-refractivity contribution in [2.75, 3.05) is 6.61 Å². The highest BCUT2D eigenvalue weighted by atomic mass is 16.3. The summed E-state index contributed by atoms with van der Waals surface area (Å²) < 4.78 is 0. The van der Waals surface area contributed by atoms with Gasteiger partial charge in [-0.1, -0.05) is 137 Å². The zero-order valence-corrected chi connectivity index (χ0v) is 28.4. The Morgan fingerprint density at radius 1 is 0.568 bits per heavy atom. The van der Waals surface area contributed by atoms with Crippen LogP contribution in [0.3, 0.4) is 0 Å². The third-order valence-corrected chi connectivity index (χ3v) is 7.34. The highest BCUT2D eigenvalue weighted by Gasteiger charge is 2.17. The Balaban J connectivity index is 3.81. The molecule has 4 heteroatoms. The van der Waals surface area contributed by atoms with Crippen LogP contribution >= 0.6 is 0 Å². The summed E-state index contributed by atoms with van der Waals surface area (Å²) in [6.07, 6.45) is 50.9. The molecule has 0 saturated heterocycles. The first-order chi connectivity index (χ1) is 21.7. The molecule has 0 aromatic rings. The summed E-state index contributed by atoms with van der Waals surface area (Å²) in [5.74, 6) is -0.107. The van der Waals surface area contributed by atoms with Gasteiger partial charge in [-0.2, -0.15) is 0 Å². The van der Waals surface area contributed by atoms with Crippen molar-refractivity contribution >= 4 is 5.91 Å². The maximum Gasteiger partial charge on any atom is 0.220 e. The lowest BCUT2D eigenvalue weighted by molar-refractivity contribution is -0.123. The van der Waals surface area contributed by atoms with Gasteiger partial charge < -0.3 is 15.5 Å². The number of allylic oxidation sites excluding steroid dienone is 13. The molecule has 0 aliphatic rings. The highest BCUT2D eigenvalue weighted by molar-refractivity contribution is 5.76. The van der Waals surface area contributed by atoms with Gasteiger partial charge in [0.05, 0.1) is 18.8 Å². The molecule has 0 aliphatic heterocycles. The summed E-state index contributed by atoms with van der Waals surface area (Å²) in [7, 11) is 0. The molecule has 4 nitrogen and oxygen atoms in total.